The van der Waals surface area contributed by atoms with Crippen LogP contribution in [0.5, 0.6) is 0 Å². The van der Waals surface area contributed by atoms with Gasteiger partial charge in [0.25, 0.3) is 0 Å². The molecule has 6 nitrogen and oxygen atoms in total. The molecule has 2 N–H and O–H groups in total. The maximum absolute atomic E-state index is 13.5. The van der Waals surface area contributed by atoms with Gasteiger partial charge in [0.2, 0.25) is 0 Å². The van der Waals surface area contributed by atoms with Crippen molar-refractivity contribution in [3.63, 3.8) is 0 Å². The number of hydrogen-bond donors (Lipinski definition) is 2. The Morgan fingerprint density at radius 3 is 3.04 bits per heavy atom. The number of carbonyl (C=O) groups excluding carboxylic acids is 1. The maximum atomic E-state index is 13.5. The molecule has 0 aliphatic carbocycles. The van der Waals surface area contributed by atoms with Crippen LogP contribution in [0, 0.1) is 12.7 Å². The number of amides is 2. The summed E-state index contributed by atoms with van der Waals surface area (Å²) in [5.41, 5.74) is 1.39. The summed E-state index contributed by atoms with van der Waals surface area (Å²) in [5.74, 6) is 0.279. The molecule has 1 aromatic heterocycles. The quantitative estimate of drug-likeness (QED) is 0.901. The van der Waals surface area contributed by atoms with E-state index in [0.717, 1.165) is 0 Å². The largest absolute Gasteiger partial charge is 0.391 e. The third kappa shape index (κ3) is 3.68. The summed E-state index contributed by atoms with van der Waals surface area (Å²) < 4.78 is 13.5. The summed E-state index contributed by atoms with van der Waals surface area (Å²) in [6, 6.07) is 7.21. The average Bonchev–Trinajstić information content (AvgIpc) is 2.95. The number of aryl methyl sites for hydroxylation is 1. The molecule has 24 heavy (non-hydrogen) atoms. The Morgan fingerprint density at radius 1 is 1.46 bits per heavy atom. The normalized spacial score (nSPS) is 20.2. The van der Waals surface area contributed by atoms with Crippen LogP contribution in [0.1, 0.15) is 29.5 Å². The zero-order valence-electron chi connectivity index (χ0n) is 13.3. The number of nitrogens with one attached hydrogen (secondary N) is 1. The molecule has 1 fully saturated rings. The zero-order chi connectivity index (χ0) is 17.1. The zero-order valence-corrected chi connectivity index (χ0v) is 13.3. The van der Waals surface area contributed by atoms with Gasteiger partial charge in [0.1, 0.15) is 11.6 Å². The number of aliphatic hydroxyl groups is 1. The van der Waals surface area contributed by atoms with Crippen LogP contribution < -0.4 is 5.32 Å². The first-order valence-electron chi connectivity index (χ1n) is 7.79. The van der Waals surface area contributed by atoms with E-state index in [9.17, 15) is 14.3 Å². The monoisotopic (exact) mass is 330 g/mol. The van der Waals surface area contributed by atoms with Crippen LogP contribution in [0.15, 0.2) is 36.5 Å². The Balaban J connectivity index is 1.70. The van der Waals surface area contributed by atoms with Gasteiger partial charge in [-0.2, -0.15) is 0 Å². The van der Waals surface area contributed by atoms with Gasteiger partial charge in [-0.3, -0.25) is 0 Å². The fraction of sp³-hybridized carbons (Fsp3) is 0.353. The molecule has 1 saturated heterocycles. The van der Waals surface area contributed by atoms with E-state index in [1.807, 2.05) is 0 Å². The molecule has 1 aliphatic rings. The highest BCUT2D eigenvalue weighted by atomic mass is 19.1. The van der Waals surface area contributed by atoms with Gasteiger partial charge in [-0.1, -0.05) is 12.1 Å². The fourth-order valence-corrected chi connectivity index (χ4v) is 2.94. The van der Waals surface area contributed by atoms with Crippen molar-refractivity contribution in [2.75, 3.05) is 6.54 Å². The molecule has 2 amide bonds. The Hall–Kier alpha value is -2.54. The standard InChI is InChI=1S/C17H19FN4O2/c1-11-19-6-5-14(21-11)9-20-17(24)22-10-15(23)8-16(22)12-3-2-4-13(18)7-12/h2-7,15-16,23H,8-10H2,1H3,(H,20,24)/t15-,16-/m0/s1. The van der Waals surface area contributed by atoms with Crippen molar-refractivity contribution in [2.24, 2.45) is 0 Å². The first kappa shape index (κ1) is 16.3. The SMILES string of the molecule is Cc1nccc(CNC(=O)N2C[C@@H](O)C[C@H]2c2cccc(F)c2)n1. The minimum atomic E-state index is -0.620. The van der Waals surface area contributed by atoms with Crippen LogP contribution in [0.25, 0.3) is 0 Å². The summed E-state index contributed by atoms with van der Waals surface area (Å²) in [6.07, 6.45) is 1.41. The van der Waals surface area contributed by atoms with Crippen LogP contribution in [-0.2, 0) is 6.54 Å². The van der Waals surface area contributed by atoms with Gasteiger partial charge in [-0.05, 0) is 37.1 Å². The number of benzene rings is 1. The second kappa shape index (κ2) is 6.92. The van der Waals surface area contributed by atoms with Crippen molar-refractivity contribution in [3.8, 4) is 0 Å². The van der Waals surface area contributed by atoms with Gasteiger partial charge in [-0.25, -0.2) is 19.2 Å². The number of likely N-dealkylation sites (tertiary alicyclic amines) is 1. The Bertz CT molecular complexity index is 740. The van der Waals surface area contributed by atoms with Gasteiger partial charge in [0.05, 0.1) is 24.4 Å². The Morgan fingerprint density at radius 2 is 2.29 bits per heavy atom. The lowest BCUT2D eigenvalue weighted by atomic mass is 10.0. The third-order valence-electron chi connectivity index (χ3n) is 4.03. The average molecular weight is 330 g/mol. The first-order chi connectivity index (χ1) is 11.5. The highest BCUT2D eigenvalue weighted by molar-refractivity contribution is 5.75. The lowest BCUT2D eigenvalue weighted by Gasteiger charge is -2.25. The lowest BCUT2D eigenvalue weighted by molar-refractivity contribution is 0.169. The van der Waals surface area contributed by atoms with E-state index in [0.29, 0.717) is 23.5 Å². The highest BCUT2D eigenvalue weighted by Crippen LogP contribution is 2.32. The fourth-order valence-electron chi connectivity index (χ4n) is 2.94. The third-order valence-corrected chi connectivity index (χ3v) is 4.03. The second-order valence-corrected chi connectivity index (χ2v) is 5.87. The predicted molar refractivity (Wildman–Crippen MR) is 85.5 cm³/mol. The molecule has 0 saturated carbocycles. The molecular formula is C17H19FN4O2. The number of nitrogens with zero attached hydrogens (tertiary/aromatic N) is 3. The maximum Gasteiger partial charge on any atom is 0.318 e. The number of aliphatic hydroxyl groups excluding tert-OH is 1. The molecule has 126 valence electrons. The minimum absolute atomic E-state index is 0.218. The van der Waals surface area contributed by atoms with Crippen molar-refractivity contribution in [3.05, 3.63) is 59.4 Å². The number of hydrogen-bond acceptors (Lipinski definition) is 4. The molecule has 1 aromatic carbocycles. The van der Waals surface area contributed by atoms with Gasteiger partial charge in [-0.15, -0.1) is 0 Å². The summed E-state index contributed by atoms with van der Waals surface area (Å²) >= 11 is 0. The number of aromatic nitrogens is 2. The Labute approximate surface area is 139 Å². The Kier molecular flexibility index (Phi) is 4.71. The minimum Gasteiger partial charge on any atom is -0.391 e. The number of β-amino-alcohol motifs (C(OH)–C–C–N with tert-alkyl or cyclic N) is 1. The predicted octanol–water partition coefficient (Wildman–Crippen LogP) is 1.94. The summed E-state index contributed by atoms with van der Waals surface area (Å²) in [5, 5.41) is 12.7. The molecule has 2 aromatic rings. The molecular weight excluding hydrogens is 311 g/mol. The molecule has 0 unspecified atom stereocenters. The van der Waals surface area contributed by atoms with Crippen molar-refractivity contribution in [1.82, 2.24) is 20.2 Å². The first-order valence-corrected chi connectivity index (χ1v) is 7.79. The van der Waals surface area contributed by atoms with Crippen LogP contribution in [0.2, 0.25) is 0 Å². The van der Waals surface area contributed by atoms with E-state index >= 15 is 0 Å². The van der Waals surface area contributed by atoms with Crippen LogP contribution in [0.3, 0.4) is 0 Å². The summed E-state index contributed by atoms with van der Waals surface area (Å²) in [6.45, 7) is 2.27. The molecule has 0 radical (unpaired) electrons. The van der Waals surface area contributed by atoms with E-state index in [1.165, 1.54) is 17.0 Å². The molecule has 2 atom stereocenters. The smallest absolute Gasteiger partial charge is 0.318 e. The van der Waals surface area contributed by atoms with E-state index in [-0.39, 0.29) is 31.0 Å². The summed E-state index contributed by atoms with van der Waals surface area (Å²) in [4.78, 5) is 22.3. The number of urea groups is 1. The van der Waals surface area contributed by atoms with E-state index < -0.39 is 6.10 Å². The lowest BCUT2D eigenvalue weighted by Crippen LogP contribution is -2.40. The van der Waals surface area contributed by atoms with Crippen molar-refractivity contribution in [1.29, 1.82) is 0 Å². The van der Waals surface area contributed by atoms with Crippen molar-refractivity contribution in [2.45, 2.75) is 32.0 Å². The van der Waals surface area contributed by atoms with E-state index in [2.05, 4.69) is 15.3 Å². The van der Waals surface area contributed by atoms with Crippen LogP contribution in [-0.4, -0.2) is 38.7 Å². The van der Waals surface area contributed by atoms with Gasteiger partial charge in [0, 0.05) is 12.7 Å². The van der Waals surface area contributed by atoms with Crippen molar-refractivity contribution < 1.29 is 14.3 Å². The van der Waals surface area contributed by atoms with E-state index in [1.54, 1.807) is 31.3 Å². The van der Waals surface area contributed by atoms with E-state index in [4.69, 9.17) is 0 Å². The molecule has 0 spiro atoms. The molecule has 1 aliphatic heterocycles. The topological polar surface area (TPSA) is 78.4 Å². The molecule has 2 heterocycles. The van der Waals surface area contributed by atoms with Crippen molar-refractivity contribution >= 4 is 6.03 Å². The second-order valence-electron chi connectivity index (χ2n) is 5.87. The van der Waals surface area contributed by atoms with Gasteiger partial charge < -0.3 is 15.3 Å². The van der Waals surface area contributed by atoms with Crippen LogP contribution in [0.4, 0.5) is 9.18 Å². The number of rotatable bonds is 3. The number of halogens is 1. The van der Waals surface area contributed by atoms with Gasteiger partial charge >= 0.3 is 6.03 Å². The molecule has 7 heteroatoms. The van der Waals surface area contributed by atoms with Crippen LogP contribution >= 0.6 is 0 Å². The van der Waals surface area contributed by atoms with Gasteiger partial charge in [0.15, 0.2) is 0 Å². The molecule has 3 rings (SSSR count). The summed E-state index contributed by atoms with van der Waals surface area (Å²) in [7, 11) is 0. The highest BCUT2D eigenvalue weighted by Gasteiger charge is 2.35. The molecule has 0 bridgehead atoms. The number of carbonyl (C=O) groups is 1.